The van der Waals surface area contributed by atoms with E-state index in [1.165, 1.54) is 31.0 Å². The van der Waals surface area contributed by atoms with Crippen molar-refractivity contribution in [1.82, 2.24) is 0 Å². The zero-order valence-electron chi connectivity index (χ0n) is 17.8. The maximum atomic E-state index is 14.1. The molecule has 3 aromatic carbocycles. The summed E-state index contributed by atoms with van der Waals surface area (Å²) in [6.07, 6.45) is 0.309. The topological polar surface area (TPSA) is 49.9 Å². The predicted octanol–water partition coefficient (Wildman–Crippen LogP) is 5.36. The smallest absolute Gasteiger partial charge is 0.269 e. The fourth-order valence-electron chi connectivity index (χ4n) is 4.45. The third-order valence-corrected chi connectivity index (χ3v) is 7.63. The molecule has 1 saturated heterocycles. The fourth-order valence-corrected chi connectivity index (χ4v) is 6.17. The van der Waals surface area contributed by atoms with Crippen molar-refractivity contribution >= 4 is 46.6 Å². The number of nitrogens with zero attached hydrogens (tertiary/aromatic N) is 2. The van der Waals surface area contributed by atoms with Gasteiger partial charge in [-0.15, -0.1) is 11.8 Å². The summed E-state index contributed by atoms with van der Waals surface area (Å²) in [6, 6.07) is 18.7. The fraction of sp³-hybridized carbons (Fsp3) is 0.200. The van der Waals surface area contributed by atoms with Crippen LogP contribution in [0.1, 0.15) is 17.5 Å². The molecule has 1 fully saturated rings. The SMILES string of the molecule is COc1ccc(N2C(=O)CCS[C@]23C(=O)N(Cc2ccc(F)cc2)c2ccccc23)cc1Cl. The summed E-state index contributed by atoms with van der Waals surface area (Å²) in [5.41, 5.74) is 2.81. The van der Waals surface area contributed by atoms with Gasteiger partial charge in [-0.25, -0.2) is 4.39 Å². The molecule has 168 valence electrons. The lowest BCUT2D eigenvalue weighted by Gasteiger charge is -2.43. The molecule has 2 heterocycles. The Morgan fingerprint density at radius 3 is 2.58 bits per heavy atom. The third kappa shape index (κ3) is 3.47. The molecule has 2 aliphatic rings. The Morgan fingerprint density at radius 1 is 1.09 bits per heavy atom. The average Bonchev–Trinajstić information content (AvgIpc) is 3.04. The highest BCUT2D eigenvalue weighted by Gasteiger charge is 2.58. The highest BCUT2D eigenvalue weighted by atomic mass is 35.5. The van der Waals surface area contributed by atoms with Crippen molar-refractivity contribution in [3.05, 3.63) is 88.7 Å². The molecule has 2 amide bonds. The summed E-state index contributed by atoms with van der Waals surface area (Å²) >= 11 is 7.82. The summed E-state index contributed by atoms with van der Waals surface area (Å²) in [5.74, 6) is 0.311. The number of rotatable bonds is 4. The van der Waals surface area contributed by atoms with Gasteiger partial charge in [-0.1, -0.05) is 41.9 Å². The van der Waals surface area contributed by atoms with Gasteiger partial charge in [0.05, 0.1) is 24.4 Å². The van der Waals surface area contributed by atoms with Crippen molar-refractivity contribution in [2.45, 2.75) is 17.8 Å². The number of methoxy groups -OCH3 is 1. The quantitative estimate of drug-likeness (QED) is 0.502. The molecule has 0 radical (unpaired) electrons. The first-order valence-corrected chi connectivity index (χ1v) is 11.8. The number of ether oxygens (including phenoxy) is 1. The van der Waals surface area contributed by atoms with Crippen LogP contribution in [-0.4, -0.2) is 24.7 Å². The van der Waals surface area contributed by atoms with Crippen LogP contribution in [0.4, 0.5) is 15.8 Å². The molecule has 5 nitrogen and oxygen atoms in total. The highest BCUT2D eigenvalue weighted by Crippen LogP contribution is 2.55. The molecule has 0 aromatic heterocycles. The van der Waals surface area contributed by atoms with Crippen LogP contribution in [0.5, 0.6) is 5.75 Å². The zero-order valence-corrected chi connectivity index (χ0v) is 19.3. The second-order valence-electron chi connectivity index (χ2n) is 7.83. The number of hydrogen-bond donors (Lipinski definition) is 0. The number of carbonyl (C=O) groups is 2. The molecule has 1 atom stereocenters. The normalized spacial score (nSPS) is 19.8. The van der Waals surface area contributed by atoms with Gasteiger partial charge in [0.25, 0.3) is 5.91 Å². The standard InChI is InChI=1S/C25H20ClFN2O3S/c1-32-22-11-10-18(14-20(22)26)29-23(30)12-13-33-25(29)19-4-2-3-5-21(19)28(24(25)31)15-16-6-8-17(27)9-7-16/h2-11,14H,12-13,15H2,1H3/t25-/m1/s1. The van der Waals surface area contributed by atoms with Crippen LogP contribution in [0.3, 0.4) is 0 Å². The van der Waals surface area contributed by atoms with Crippen LogP contribution in [0.15, 0.2) is 66.7 Å². The summed E-state index contributed by atoms with van der Waals surface area (Å²) in [6.45, 7) is 0.268. The first-order chi connectivity index (χ1) is 16.0. The summed E-state index contributed by atoms with van der Waals surface area (Å²) < 4.78 is 18.7. The Bertz CT molecular complexity index is 1250. The van der Waals surface area contributed by atoms with Crippen molar-refractivity contribution in [3.8, 4) is 5.75 Å². The molecule has 3 aromatic rings. The van der Waals surface area contributed by atoms with Crippen LogP contribution in [0.2, 0.25) is 5.02 Å². The van der Waals surface area contributed by atoms with E-state index in [2.05, 4.69) is 0 Å². The molecule has 0 aliphatic carbocycles. The van der Waals surface area contributed by atoms with E-state index in [1.807, 2.05) is 24.3 Å². The number of anilines is 2. The lowest BCUT2D eigenvalue weighted by molar-refractivity contribution is -0.125. The van der Waals surface area contributed by atoms with Gasteiger partial charge < -0.3 is 9.64 Å². The third-order valence-electron chi connectivity index (χ3n) is 5.93. The first kappa shape index (κ1) is 21.8. The van der Waals surface area contributed by atoms with Gasteiger partial charge in [0.15, 0.2) is 0 Å². The minimum absolute atomic E-state index is 0.151. The van der Waals surface area contributed by atoms with Crippen LogP contribution in [0, 0.1) is 5.82 Å². The molecule has 33 heavy (non-hydrogen) atoms. The number of para-hydroxylation sites is 1. The maximum absolute atomic E-state index is 14.1. The van der Waals surface area contributed by atoms with Gasteiger partial charge in [0.2, 0.25) is 10.8 Å². The minimum Gasteiger partial charge on any atom is -0.495 e. The van der Waals surface area contributed by atoms with Crippen LogP contribution < -0.4 is 14.5 Å². The Labute approximate surface area is 200 Å². The van der Waals surface area contributed by atoms with Gasteiger partial charge >= 0.3 is 0 Å². The van der Waals surface area contributed by atoms with Crippen molar-refractivity contribution in [2.75, 3.05) is 22.7 Å². The Balaban J connectivity index is 1.64. The number of benzene rings is 3. The first-order valence-electron chi connectivity index (χ1n) is 10.4. The Kier molecular flexibility index (Phi) is 5.54. The largest absolute Gasteiger partial charge is 0.495 e. The monoisotopic (exact) mass is 482 g/mol. The van der Waals surface area contributed by atoms with E-state index >= 15 is 0 Å². The molecule has 0 bridgehead atoms. The highest BCUT2D eigenvalue weighted by molar-refractivity contribution is 8.01. The van der Waals surface area contributed by atoms with Crippen molar-refractivity contribution in [2.24, 2.45) is 0 Å². The van der Waals surface area contributed by atoms with Crippen LogP contribution in [-0.2, 0) is 21.0 Å². The zero-order chi connectivity index (χ0) is 23.2. The molecule has 0 unspecified atom stereocenters. The van der Waals surface area contributed by atoms with Crippen molar-refractivity contribution in [3.63, 3.8) is 0 Å². The summed E-state index contributed by atoms with van der Waals surface area (Å²) in [4.78, 5) is 29.4. The number of halogens is 2. The number of thioether (sulfide) groups is 1. The van der Waals surface area contributed by atoms with Gasteiger partial charge in [-0.05, 0) is 42.0 Å². The molecule has 0 N–H and O–H groups in total. The van der Waals surface area contributed by atoms with Gasteiger partial charge in [-0.3, -0.25) is 14.5 Å². The molecule has 5 rings (SSSR count). The lowest BCUT2D eigenvalue weighted by atomic mass is 10.0. The molecular formula is C25H20ClFN2O3S. The van der Waals surface area contributed by atoms with Gasteiger partial charge in [-0.2, -0.15) is 0 Å². The second kappa shape index (κ2) is 8.39. The molecular weight excluding hydrogens is 463 g/mol. The summed E-state index contributed by atoms with van der Waals surface area (Å²) in [5, 5.41) is 0.357. The van der Waals surface area contributed by atoms with Gasteiger partial charge in [0, 0.05) is 23.4 Å². The van der Waals surface area contributed by atoms with Crippen molar-refractivity contribution in [1.29, 1.82) is 0 Å². The molecule has 8 heteroatoms. The lowest BCUT2D eigenvalue weighted by Crippen LogP contribution is -2.56. The Morgan fingerprint density at radius 2 is 1.85 bits per heavy atom. The van der Waals surface area contributed by atoms with Crippen LogP contribution >= 0.6 is 23.4 Å². The molecule has 2 aliphatic heterocycles. The van der Waals surface area contributed by atoms with E-state index in [4.69, 9.17) is 16.3 Å². The van der Waals surface area contributed by atoms with E-state index in [-0.39, 0.29) is 24.2 Å². The van der Waals surface area contributed by atoms with Crippen molar-refractivity contribution < 1.29 is 18.7 Å². The van der Waals surface area contributed by atoms with E-state index < -0.39 is 4.87 Å². The minimum atomic E-state index is -1.25. The van der Waals surface area contributed by atoms with Gasteiger partial charge in [0.1, 0.15) is 11.6 Å². The molecule has 1 spiro atoms. The number of amides is 2. The van der Waals surface area contributed by atoms with E-state index in [1.54, 1.807) is 40.1 Å². The average molecular weight is 483 g/mol. The predicted molar refractivity (Wildman–Crippen MR) is 128 cm³/mol. The maximum Gasteiger partial charge on any atom is 0.269 e. The van der Waals surface area contributed by atoms with E-state index in [0.29, 0.717) is 28.6 Å². The van der Waals surface area contributed by atoms with E-state index in [9.17, 15) is 14.0 Å². The second-order valence-corrected chi connectivity index (χ2v) is 9.52. The number of carbonyl (C=O) groups excluding carboxylic acids is 2. The Hall–Kier alpha value is -3.03. The van der Waals surface area contributed by atoms with Crippen LogP contribution in [0.25, 0.3) is 0 Å². The van der Waals surface area contributed by atoms with E-state index in [0.717, 1.165) is 16.8 Å². The number of fused-ring (bicyclic) bond motifs is 2. The molecule has 0 saturated carbocycles. The number of hydrogen-bond acceptors (Lipinski definition) is 4. The summed E-state index contributed by atoms with van der Waals surface area (Å²) in [7, 11) is 1.52.